The number of hydrogen-bond donors (Lipinski definition) is 0. The first kappa shape index (κ1) is 16.2. The number of aromatic nitrogens is 4. The Balaban J connectivity index is 1.92. The number of nitrogens with zero attached hydrogens (tertiary/aromatic N) is 4. The highest BCUT2D eigenvalue weighted by Gasteiger charge is 2.15. The van der Waals surface area contributed by atoms with Gasteiger partial charge in [0, 0.05) is 5.56 Å². The Bertz CT molecular complexity index is 1220. The highest BCUT2D eigenvalue weighted by molar-refractivity contribution is 7.71. The lowest BCUT2D eigenvalue weighted by Gasteiger charge is -2.07. The molecule has 0 aliphatic heterocycles. The van der Waals surface area contributed by atoms with Gasteiger partial charge < -0.3 is 9.15 Å². The van der Waals surface area contributed by atoms with Crippen LogP contribution in [0.2, 0.25) is 0 Å². The summed E-state index contributed by atoms with van der Waals surface area (Å²) in [7, 11) is 1.60. The molecule has 130 valence electrons. The minimum atomic E-state index is -0.512. The Labute approximate surface area is 153 Å². The number of aryl methyl sites for hydroxylation is 1. The molecular weight excluding hydrogens is 352 g/mol. The minimum Gasteiger partial charge on any atom is -0.497 e. The van der Waals surface area contributed by atoms with Crippen molar-refractivity contribution in [1.82, 2.24) is 19.2 Å². The van der Waals surface area contributed by atoms with Crippen LogP contribution in [0.5, 0.6) is 5.75 Å². The number of benzene rings is 2. The quantitative estimate of drug-likeness (QED) is 0.519. The summed E-state index contributed by atoms with van der Waals surface area (Å²) in [5, 5.41) is 4.38. The fourth-order valence-corrected chi connectivity index (χ4v) is 2.95. The Morgan fingerprint density at radius 2 is 1.85 bits per heavy atom. The molecule has 0 bridgehead atoms. The Morgan fingerprint density at radius 3 is 2.54 bits per heavy atom. The molecule has 0 aliphatic carbocycles. The summed E-state index contributed by atoms with van der Waals surface area (Å²) in [5.41, 5.74) is 1.78. The van der Waals surface area contributed by atoms with Crippen molar-refractivity contribution in [3.8, 4) is 22.9 Å². The van der Waals surface area contributed by atoms with Crippen molar-refractivity contribution in [3.63, 3.8) is 0 Å². The van der Waals surface area contributed by atoms with E-state index in [-0.39, 0.29) is 10.6 Å². The molecule has 8 heteroatoms. The first-order chi connectivity index (χ1) is 12.6. The zero-order valence-corrected chi connectivity index (χ0v) is 14.9. The molecule has 26 heavy (non-hydrogen) atoms. The van der Waals surface area contributed by atoms with Crippen LogP contribution in [-0.4, -0.2) is 26.3 Å². The van der Waals surface area contributed by atoms with Crippen LogP contribution < -0.4 is 10.4 Å². The molecule has 0 unspecified atom stereocenters. The van der Waals surface area contributed by atoms with E-state index in [1.165, 1.54) is 9.08 Å². The predicted octanol–water partition coefficient (Wildman–Crippen LogP) is 3.19. The van der Waals surface area contributed by atoms with Crippen LogP contribution in [0.1, 0.15) is 5.56 Å². The zero-order valence-electron chi connectivity index (χ0n) is 14.0. The lowest BCUT2D eigenvalue weighted by atomic mass is 10.2. The number of hydrogen-bond acceptors (Lipinski definition) is 6. The van der Waals surface area contributed by atoms with E-state index in [9.17, 15) is 4.79 Å². The average molecular weight is 366 g/mol. The number of ether oxygens (including phenoxy) is 1. The fraction of sp³-hybridized carbons (Fsp3) is 0.111. The molecule has 0 saturated carbocycles. The van der Waals surface area contributed by atoms with Gasteiger partial charge in [0.05, 0.1) is 12.8 Å². The SMILES string of the molecule is COc1ccc(-c2nn3c(=S)n(-c4ccccc4C)c(=O)nc3o2)cc1. The van der Waals surface area contributed by atoms with Gasteiger partial charge in [0.15, 0.2) is 0 Å². The third-order valence-corrected chi connectivity index (χ3v) is 4.36. The van der Waals surface area contributed by atoms with Crippen molar-refractivity contribution in [1.29, 1.82) is 0 Å². The first-order valence-corrected chi connectivity index (χ1v) is 8.22. The molecule has 0 radical (unpaired) electrons. The molecule has 0 aliphatic rings. The van der Waals surface area contributed by atoms with Gasteiger partial charge in [-0.25, -0.2) is 9.36 Å². The van der Waals surface area contributed by atoms with Crippen molar-refractivity contribution in [3.05, 3.63) is 69.3 Å². The van der Waals surface area contributed by atoms with Gasteiger partial charge in [-0.1, -0.05) is 18.2 Å². The molecule has 2 aromatic heterocycles. The van der Waals surface area contributed by atoms with E-state index in [0.29, 0.717) is 11.6 Å². The number of para-hydroxylation sites is 1. The van der Waals surface area contributed by atoms with Gasteiger partial charge in [-0.05, 0) is 55.0 Å². The summed E-state index contributed by atoms with van der Waals surface area (Å²) in [6.45, 7) is 1.90. The van der Waals surface area contributed by atoms with Gasteiger partial charge in [-0.3, -0.25) is 0 Å². The molecule has 2 aromatic carbocycles. The maximum Gasteiger partial charge on any atom is 0.359 e. The van der Waals surface area contributed by atoms with Gasteiger partial charge in [0.1, 0.15) is 5.75 Å². The van der Waals surface area contributed by atoms with Gasteiger partial charge in [-0.2, -0.15) is 4.52 Å². The van der Waals surface area contributed by atoms with E-state index in [1.807, 2.05) is 31.2 Å². The topological polar surface area (TPSA) is 74.6 Å². The van der Waals surface area contributed by atoms with Crippen molar-refractivity contribution in [2.45, 2.75) is 6.92 Å². The summed E-state index contributed by atoms with van der Waals surface area (Å²) < 4.78 is 13.7. The Hall–Kier alpha value is -3.26. The number of rotatable bonds is 3. The fourth-order valence-electron chi connectivity index (χ4n) is 2.66. The van der Waals surface area contributed by atoms with E-state index >= 15 is 0 Å². The Kier molecular flexibility index (Phi) is 3.89. The molecule has 0 atom stereocenters. The summed E-state index contributed by atoms with van der Waals surface area (Å²) in [6, 6.07) is 14.6. The van der Waals surface area contributed by atoms with Crippen molar-refractivity contribution >= 4 is 18.1 Å². The van der Waals surface area contributed by atoms with Crippen LogP contribution in [0.15, 0.2) is 57.7 Å². The van der Waals surface area contributed by atoms with E-state index in [4.69, 9.17) is 21.4 Å². The molecule has 7 nitrogen and oxygen atoms in total. The van der Waals surface area contributed by atoms with Gasteiger partial charge in [0.25, 0.3) is 0 Å². The summed E-state index contributed by atoms with van der Waals surface area (Å²) >= 11 is 5.47. The summed E-state index contributed by atoms with van der Waals surface area (Å²) in [6.07, 6.45) is 0. The summed E-state index contributed by atoms with van der Waals surface area (Å²) in [4.78, 5) is 16.5. The second kappa shape index (κ2) is 6.23. The van der Waals surface area contributed by atoms with E-state index in [2.05, 4.69) is 10.1 Å². The molecule has 2 heterocycles. The standard InChI is InChI=1S/C18H14N4O3S/c1-11-5-3-4-6-14(11)21-16(23)19-17-22(18(21)26)20-15(25-17)12-7-9-13(24-2)10-8-12/h3-10H,1-2H3. The van der Waals surface area contributed by atoms with Gasteiger partial charge in [-0.15, -0.1) is 10.1 Å². The van der Waals surface area contributed by atoms with Gasteiger partial charge >= 0.3 is 11.5 Å². The molecule has 0 fully saturated rings. The van der Waals surface area contributed by atoms with Crippen LogP contribution in [0.25, 0.3) is 23.0 Å². The molecule has 4 rings (SSSR count). The maximum atomic E-state index is 12.5. The molecule has 4 aromatic rings. The van der Waals surface area contributed by atoms with Crippen molar-refractivity contribution in [2.75, 3.05) is 7.11 Å². The lowest BCUT2D eigenvalue weighted by Crippen LogP contribution is -2.25. The Morgan fingerprint density at radius 1 is 1.12 bits per heavy atom. The van der Waals surface area contributed by atoms with Crippen LogP contribution >= 0.6 is 12.2 Å². The monoisotopic (exact) mass is 366 g/mol. The zero-order chi connectivity index (χ0) is 18.3. The normalized spacial score (nSPS) is 11.0. The first-order valence-electron chi connectivity index (χ1n) is 7.82. The van der Waals surface area contributed by atoms with Crippen LogP contribution in [0.3, 0.4) is 0 Å². The highest BCUT2D eigenvalue weighted by atomic mass is 32.1. The van der Waals surface area contributed by atoms with Crippen LogP contribution in [0.4, 0.5) is 0 Å². The molecule has 0 amide bonds. The van der Waals surface area contributed by atoms with E-state index < -0.39 is 5.69 Å². The maximum absolute atomic E-state index is 12.5. The number of methoxy groups -OCH3 is 1. The second-order valence-electron chi connectivity index (χ2n) is 5.63. The molecule has 0 N–H and O–H groups in total. The van der Waals surface area contributed by atoms with Crippen LogP contribution in [-0.2, 0) is 0 Å². The van der Waals surface area contributed by atoms with E-state index in [1.54, 1.807) is 31.4 Å². The largest absolute Gasteiger partial charge is 0.497 e. The lowest BCUT2D eigenvalue weighted by molar-refractivity contribution is 0.415. The predicted molar refractivity (Wildman–Crippen MR) is 98.4 cm³/mol. The van der Waals surface area contributed by atoms with E-state index in [0.717, 1.165) is 16.9 Å². The van der Waals surface area contributed by atoms with Crippen molar-refractivity contribution < 1.29 is 9.15 Å². The van der Waals surface area contributed by atoms with Crippen molar-refractivity contribution in [2.24, 2.45) is 0 Å². The minimum absolute atomic E-state index is 0.0515. The molecule has 0 saturated heterocycles. The summed E-state index contributed by atoms with van der Waals surface area (Å²) in [5.74, 6) is 1.09. The van der Waals surface area contributed by atoms with Crippen LogP contribution in [0, 0.1) is 11.7 Å². The third-order valence-electron chi connectivity index (χ3n) is 4.01. The third kappa shape index (κ3) is 2.60. The second-order valence-corrected chi connectivity index (χ2v) is 5.99. The molecular formula is C18H14N4O3S. The number of fused-ring (bicyclic) bond motifs is 1. The van der Waals surface area contributed by atoms with Gasteiger partial charge in [0.2, 0.25) is 10.7 Å². The highest BCUT2D eigenvalue weighted by Crippen LogP contribution is 2.22. The smallest absolute Gasteiger partial charge is 0.359 e. The molecule has 0 spiro atoms. The average Bonchev–Trinajstić information content (AvgIpc) is 3.07.